The van der Waals surface area contributed by atoms with E-state index in [2.05, 4.69) is 5.32 Å². The van der Waals surface area contributed by atoms with Gasteiger partial charge >= 0.3 is 17.9 Å². The average Bonchev–Trinajstić information content (AvgIpc) is 3.16. The first kappa shape index (κ1) is 46.4. The van der Waals surface area contributed by atoms with Crippen molar-refractivity contribution in [3.8, 4) is 11.5 Å². The van der Waals surface area contributed by atoms with E-state index in [4.69, 9.17) is 23.7 Å². The molecule has 1 amide bonds. The summed E-state index contributed by atoms with van der Waals surface area (Å²) in [7, 11) is 1.01. The van der Waals surface area contributed by atoms with Gasteiger partial charge in [0.25, 0.3) is 5.91 Å². The maximum absolute atomic E-state index is 14.0. The molecule has 0 fully saturated rings. The normalized spacial score (nSPS) is 33.0. The van der Waals surface area contributed by atoms with Crippen LogP contribution in [0.25, 0.3) is 5.57 Å². The second-order valence-corrected chi connectivity index (χ2v) is 15.6. The molecule has 322 valence electrons. The molecule has 0 aromatic heterocycles. The summed E-state index contributed by atoms with van der Waals surface area (Å²) in [5.74, 6) is -9.88. The number of methoxy groups -OCH3 is 1. The van der Waals surface area contributed by atoms with Gasteiger partial charge in [0.2, 0.25) is 6.79 Å². The number of aliphatic hydroxyl groups excluding tert-OH is 3. The van der Waals surface area contributed by atoms with Crippen molar-refractivity contribution in [3.63, 3.8) is 0 Å². The highest BCUT2D eigenvalue weighted by atomic mass is 16.7. The van der Waals surface area contributed by atoms with E-state index in [0.29, 0.717) is 0 Å². The number of phenols is 1. The lowest BCUT2D eigenvalue weighted by atomic mass is 9.74. The van der Waals surface area contributed by atoms with Crippen molar-refractivity contribution in [2.45, 2.75) is 105 Å². The first-order valence-electron chi connectivity index (χ1n) is 18.8. The smallest absolute Gasteiger partial charge is 0.313 e. The predicted molar refractivity (Wildman–Crippen MR) is 209 cm³/mol. The summed E-state index contributed by atoms with van der Waals surface area (Å²) in [6.07, 6.45) is -2.43. The van der Waals surface area contributed by atoms with Crippen LogP contribution in [0.2, 0.25) is 0 Å². The van der Waals surface area contributed by atoms with Crippen LogP contribution in [0, 0.1) is 24.7 Å². The van der Waals surface area contributed by atoms with Crippen LogP contribution in [-0.4, -0.2) is 110 Å². The molecule has 3 aliphatic heterocycles. The van der Waals surface area contributed by atoms with Gasteiger partial charge in [-0.3, -0.25) is 24.0 Å². The van der Waals surface area contributed by atoms with E-state index >= 15 is 0 Å². The van der Waals surface area contributed by atoms with Crippen LogP contribution in [-0.2, 0) is 38.1 Å². The Balaban J connectivity index is 2.10. The number of nitrogens with one attached hydrogen (secondary N) is 1. The van der Waals surface area contributed by atoms with Crippen molar-refractivity contribution in [1.29, 1.82) is 0 Å². The third-order valence-corrected chi connectivity index (χ3v) is 10.9. The zero-order valence-electron chi connectivity index (χ0n) is 34.8. The van der Waals surface area contributed by atoms with Crippen molar-refractivity contribution in [2.75, 3.05) is 19.2 Å². The van der Waals surface area contributed by atoms with E-state index in [9.17, 15) is 54.6 Å². The van der Waals surface area contributed by atoms with E-state index in [0.717, 1.165) is 27.0 Å². The van der Waals surface area contributed by atoms with Gasteiger partial charge in [-0.1, -0.05) is 26.0 Å². The fourth-order valence-corrected chi connectivity index (χ4v) is 7.70. The molecule has 17 nitrogen and oxygen atoms in total. The Morgan fingerprint density at radius 3 is 2.03 bits per heavy atom. The average molecular weight is 828 g/mol. The minimum absolute atomic E-state index is 0.00215. The van der Waals surface area contributed by atoms with Crippen LogP contribution >= 0.6 is 0 Å². The van der Waals surface area contributed by atoms with Gasteiger partial charge in [-0.25, -0.2) is 0 Å². The number of benzene rings is 1. The zero-order chi connectivity index (χ0) is 44.6. The van der Waals surface area contributed by atoms with Crippen molar-refractivity contribution in [2.24, 2.45) is 17.8 Å². The number of esters is 3. The van der Waals surface area contributed by atoms with Crippen LogP contribution in [0.5, 0.6) is 11.5 Å². The Hall–Kier alpha value is -5.33. The number of fused-ring (bicyclic) bond motifs is 14. The summed E-state index contributed by atoms with van der Waals surface area (Å²) < 4.78 is 27.8. The molecule has 0 saturated carbocycles. The number of anilines is 1. The molecule has 17 heteroatoms. The Morgan fingerprint density at radius 1 is 0.864 bits per heavy atom. The van der Waals surface area contributed by atoms with E-state index < -0.39 is 95.5 Å². The molecule has 59 heavy (non-hydrogen) atoms. The number of hydrogen-bond donors (Lipinski definition) is 7. The van der Waals surface area contributed by atoms with Crippen LogP contribution < -0.4 is 10.1 Å². The molecule has 1 aromatic rings. The van der Waals surface area contributed by atoms with Gasteiger partial charge in [-0.2, -0.15) is 0 Å². The maximum atomic E-state index is 14.0. The molecular weight excluding hydrogens is 774 g/mol. The van der Waals surface area contributed by atoms with Crippen molar-refractivity contribution in [1.82, 2.24) is 0 Å². The van der Waals surface area contributed by atoms with Gasteiger partial charge in [0.1, 0.15) is 40.5 Å². The van der Waals surface area contributed by atoms with Gasteiger partial charge in [0.05, 0.1) is 42.2 Å². The van der Waals surface area contributed by atoms with Crippen molar-refractivity contribution >= 4 is 40.9 Å². The first-order valence-corrected chi connectivity index (χ1v) is 18.8. The number of rotatable bonds is 3. The number of hydrogen-bond acceptors (Lipinski definition) is 16. The lowest BCUT2D eigenvalue weighted by molar-refractivity contribution is -0.180. The van der Waals surface area contributed by atoms with Crippen molar-refractivity contribution < 1.29 is 78.3 Å². The van der Waals surface area contributed by atoms with Gasteiger partial charge in [-0.05, 0) is 59.3 Å². The highest BCUT2D eigenvalue weighted by Gasteiger charge is 2.49. The summed E-state index contributed by atoms with van der Waals surface area (Å²) in [4.78, 5) is 65.8. The monoisotopic (exact) mass is 827 g/mol. The summed E-state index contributed by atoms with van der Waals surface area (Å²) in [5.41, 5.74) is -4.97. The number of Topliss-reactive ketones (excluding diaryl/α,β-unsaturated/α-hetero) is 1. The highest BCUT2D eigenvalue weighted by Crippen LogP contribution is 2.53. The van der Waals surface area contributed by atoms with E-state index in [-0.39, 0.29) is 61.9 Å². The largest absolute Gasteiger partial charge is 0.505 e. The van der Waals surface area contributed by atoms with Crippen LogP contribution in [0.15, 0.2) is 52.5 Å². The molecule has 1 aromatic carbocycles. The number of aliphatic hydroxyl groups is 5. The predicted octanol–water partition coefficient (Wildman–Crippen LogP) is 2.79. The quantitative estimate of drug-likeness (QED) is 0.131. The number of ketones is 1. The Labute approximate surface area is 341 Å². The molecule has 4 aliphatic rings. The van der Waals surface area contributed by atoms with Crippen LogP contribution in [0.3, 0.4) is 0 Å². The van der Waals surface area contributed by atoms with Gasteiger partial charge in [-0.15, -0.1) is 0 Å². The minimum Gasteiger partial charge on any atom is -0.505 e. The van der Waals surface area contributed by atoms with Gasteiger partial charge in [0.15, 0.2) is 11.5 Å². The topological polar surface area (TPSA) is 265 Å². The van der Waals surface area contributed by atoms with Crippen LogP contribution in [0.4, 0.5) is 5.69 Å². The number of carbonyl (C=O) groups is 5. The molecule has 0 unspecified atom stereocenters. The lowest BCUT2D eigenvalue weighted by Crippen LogP contribution is -2.55. The molecule has 7 N–H and O–H groups in total. The Morgan fingerprint density at radius 2 is 1.46 bits per heavy atom. The maximum Gasteiger partial charge on any atom is 0.313 e. The molecule has 5 rings (SSSR count). The summed E-state index contributed by atoms with van der Waals surface area (Å²) in [6, 6.07) is 0. The second-order valence-electron chi connectivity index (χ2n) is 15.6. The van der Waals surface area contributed by atoms with E-state index in [1.54, 1.807) is 0 Å². The number of ether oxygens (including phenoxy) is 5. The molecule has 0 radical (unpaired) electrons. The number of allylic oxidation sites excluding steroid dienone is 5. The molecule has 0 saturated heterocycles. The third kappa shape index (κ3) is 8.99. The standard InChI is InChI=1S/C42H53NO16/c1-17-13-12-14-41(9,53)38(59-24(8)45)22(6)32(48)28(40(52)55-11)31(47)21(5)37(50)42(10,54)15-18(2)34-27-25-26(30(46)20(4)35(27)57-16-56-34)33(49)29(43-39(17)51)19(3)36(25)58-23(7)44/h12-15,21-22,28,31-32,37-38,47-50,53-54H,16H2,1-11H3,(H,43,51)/b14-12-,17-13+,18-15-/t21-,22-,28-,31+,32+,37+,38+,41-,42+/m0/s1. The van der Waals surface area contributed by atoms with E-state index in [1.165, 1.54) is 73.6 Å². The zero-order valence-corrected chi connectivity index (χ0v) is 34.8. The molecule has 9 atom stereocenters. The first-order chi connectivity index (χ1) is 27.3. The molecule has 3 heterocycles. The minimum atomic E-state index is -2.25. The molecule has 1 aliphatic carbocycles. The number of aromatic hydroxyl groups is 1. The number of carbonyl (C=O) groups excluding carboxylic acids is 5. The summed E-state index contributed by atoms with van der Waals surface area (Å²) in [5, 5.41) is 72.8. The van der Waals surface area contributed by atoms with E-state index in [1.807, 2.05) is 0 Å². The molecule has 4 bridgehead atoms. The fraction of sp³-hybridized carbons (Fsp3) is 0.500. The van der Waals surface area contributed by atoms with Crippen molar-refractivity contribution in [3.05, 3.63) is 69.2 Å². The molecular formula is C42H53NO16. The second kappa shape index (κ2) is 17.5. The summed E-state index contributed by atoms with van der Waals surface area (Å²) in [6.45, 7) is 12.6. The SMILES string of the molecule is COC(=O)[C@@H]1[C@H](O)[C@H](C)[C@@H](OC(C)=O)[C@@](C)(O)/C=C\C=C(/C)C(=O)Nc2c(C)c(OC(C)=O)c3c(c2O)C(=O)C(C)=C2OCOC(=C23)/C(C)=C\[C@@](C)(O)[C@H](O)[C@@H](C)[C@H]1O. The third-order valence-electron chi connectivity index (χ3n) is 10.9. The summed E-state index contributed by atoms with van der Waals surface area (Å²) >= 11 is 0. The Kier molecular flexibility index (Phi) is 13.7. The Bertz CT molecular complexity index is 2090. The number of amides is 1. The number of phenolic OH excluding ortho intramolecular Hbond substituents is 1. The lowest BCUT2D eigenvalue weighted by Gasteiger charge is -2.41. The molecule has 0 spiro atoms. The van der Waals surface area contributed by atoms with Crippen LogP contribution in [0.1, 0.15) is 83.8 Å². The van der Waals surface area contributed by atoms with Gasteiger partial charge in [0, 0.05) is 48.0 Å². The van der Waals surface area contributed by atoms with Gasteiger partial charge < -0.3 is 59.6 Å². The highest BCUT2D eigenvalue weighted by molar-refractivity contribution is 6.21. The fourth-order valence-electron chi connectivity index (χ4n) is 7.70.